The van der Waals surface area contributed by atoms with Gasteiger partial charge in [0, 0.05) is 30.0 Å². The number of amides is 1. The van der Waals surface area contributed by atoms with Gasteiger partial charge in [-0.05, 0) is 69.2 Å². The Kier molecular flexibility index (Phi) is 6.99. The van der Waals surface area contributed by atoms with Gasteiger partial charge in [0.15, 0.2) is 0 Å². The molecule has 1 saturated heterocycles. The molecule has 2 heterocycles. The third-order valence-electron chi connectivity index (χ3n) is 4.81. The molecular weight excluding hydrogens is 420 g/mol. The summed E-state index contributed by atoms with van der Waals surface area (Å²) in [7, 11) is 0. The van der Waals surface area contributed by atoms with Crippen LogP contribution in [0.25, 0.3) is 11.8 Å². The van der Waals surface area contributed by atoms with Crippen LogP contribution < -0.4 is 4.74 Å². The van der Waals surface area contributed by atoms with E-state index >= 15 is 0 Å². The summed E-state index contributed by atoms with van der Waals surface area (Å²) in [6.07, 6.45) is 2.25. The standard InChI is InChI=1S/C22H24N2O4S2/c1-4-28-18-9-7-17(8-10-18)24-14(2)12-16(15(24)3)13-19-21(27)23(22(29)30-19)11-5-6-20(25)26/h7-10,12-13H,4-6,11H2,1-3H3,(H,25,26)/b19-13-. The van der Waals surface area contributed by atoms with Gasteiger partial charge in [0.25, 0.3) is 5.91 Å². The molecule has 0 saturated carbocycles. The number of thiocarbonyl (C=S) groups is 1. The Morgan fingerprint density at radius 1 is 1.27 bits per heavy atom. The fourth-order valence-corrected chi connectivity index (χ4v) is 4.71. The SMILES string of the molecule is CCOc1ccc(-n2c(C)cc(/C=C3\SC(=S)N(CCCC(=O)O)C3=O)c2C)cc1. The highest BCUT2D eigenvalue weighted by molar-refractivity contribution is 8.26. The number of thioether (sulfide) groups is 1. The van der Waals surface area contributed by atoms with Crippen LogP contribution in [-0.2, 0) is 9.59 Å². The predicted molar refractivity (Wildman–Crippen MR) is 123 cm³/mol. The predicted octanol–water partition coefficient (Wildman–Crippen LogP) is 4.56. The van der Waals surface area contributed by atoms with E-state index in [1.165, 1.54) is 16.7 Å². The maximum Gasteiger partial charge on any atom is 0.303 e. The van der Waals surface area contributed by atoms with Crippen molar-refractivity contribution in [2.75, 3.05) is 13.2 Å². The molecule has 6 nitrogen and oxygen atoms in total. The van der Waals surface area contributed by atoms with E-state index in [0.717, 1.165) is 28.4 Å². The fourth-order valence-electron chi connectivity index (χ4n) is 3.41. The average Bonchev–Trinajstić information content (AvgIpc) is 3.12. The van der Waals surface area contributed by atoms with Gasteiger partial charge in [0.1, 0.15) is 10.1 Å². The van der Waals surface area contributed by atoms with E-state index in [9.17, 15) is 9.59 Å². The summed E-state index contributed by atoms with van der Waals surface area (Å²) in [4.78, 5) is 25.5. The van der Waals surface area contributed by atoms with Crippen LogP contribution in [0, 0.1) is 13.8 Å². The zero-order chi connectivity index (χ0) is 21.8. The average molecular weight is 445 g/mol. The largest absolute Gasteiger partial charge is 0.494 e. The zero-order valence-electron chi connectivity index (χ0n) is 17.2. The first kappa shape index (κ1) is 22.1. The van der Waals surface area contributed by atoms with Crippen molar-refractivity contribution in [3.63, 3.8) is 0 Å². The summed E-state index contributed by atoms with van der Waals surface area (Å²) in [6, 6.07) is 9.95. The van der Waals surface area contributed by atoms with E-state index in [1.807, 2.05) is 57.2 Å². The first-order valence-corrected chi connectivity index (χ1v) is 10.9. The highest BCUT2D eigenvalue weighted by atomic mass is 32.2. The molecule has 0 aliphatic carbocycles. The van der Waals surface area contributed by atoms with Crippen LogP contribution in [0.15, 0.2) is 35.2 Å². The topological polar surface area (TPSA) is 71.8 Å². The summed E-state index contributed by atoms with van der Waals surface area (Å²) in [5.74, 6) is -0.213. The Morgan fingerprint density at radius 3 is 2.60 bits per heavy atom. The fraction of sp³-hybridized carbons (Fsp3) is 0.318. The molecule has 1 amide bonds. The van der Waals surface area contributed by atoms with Crippen LogP contribution in [0.5, 0.6) is 5.75 Å². The number of hydrogen-bond donors (Lipinski definition) is 1. The van der Waals surface area contributed by atoms with E-state index in [2.05, 4.69) is 4.57 Å². The van der Waals surface area contributed by atoms with Crippen LogP contribution in [0.4, 0.5) is 0 Å². The Balaban J connectivity index is 1.82. The molecule has 2 aromatic rings. The number of ether oxygens (including phenoxy) is 1. The van der Waals surface area contributed by atoms with Crippen LogP contribution in [0.1, 0.15) is 36.7 Å². The molecule has 30 heavy (non-hydrogen) atoms. The molecule has 1 N–H and O–H groups in total. The van der Waals surface area contributed by atoms with Gasteiger partial charge in [0.2, 0.25) is 0 Å². The van der Waals surface area contributed by atoms with E-state index in [-0.39, 0.29) is 12.3 Å². The number of carbonyl (C=O) groups is 2. The Bertz CT molecular complexity index is 1010. The number of aromatic nitrogens is 1. The molecule has 1 aromatic carbocycles. The van der Waals surface area contributed by atoms with Crippen molar-refractivity contribution in [3.05, 3.63) is 52.2 Å². The van der Waals surface area contributed by atoms with Gasteiger partial charge in [-0.15, -0.1) is 0 Å². The molecule has 0 bridgehead atoms. The van der Waals surface area contributed by atoms with Crippen LogP contribution in [0.3, 0.4) is 0 Å². The third kappa shape index (κ3) is 4.76. The number of rotatable bonds is 8. The molecule has 1 fully saturated rings. The molecule has 0 spiro atoms. The van der Waals surface area contributed by atoms with Crippen LogP contribution >= 0.6 is 24.0 Å². The smallest absolute Gasteiger partial charge is 0.303 e. The molecule has 0 radical (unpaired) electrons. The second kappa shape index (κ2) is 9.49. The molecular formula is C22H24N2O4S2. The zero-order valence-corrected chi connectivity index (χ0v) is 18.8. The van der Waals surface area contributed by atoms with Gasteiger partial charge >= 0.3 is 5.97 Å². The summed E-state index contributed by atoms with van der Waals surface area (Å²) >= 11 is 6.58. The van der Waals surface area contributed by atoms with E-state index < -0.39 is 5.97 Å². The minimum absolute atomic E-state index is 0.0132. The van der Waals surface area contributed by atoms with E-state index in [0.29, 0.717) is 28.8 Å². The van der Waals surface area contributed by atoms with Gasteiger partial charge in [-0.2, -0.15) is 0 Å². The molecule has 1 aliphatic heterocycles. The van der Waals surface area contributed by atoms with Crippen molar-refractivity contribution in [2.24, 2.45) is 0 Å². The van der Waals surface area contributed by atoms with Crippen LogP contribution in [-0.4, -0.2) is 43.9 Å². The van der Waals surface area contributed by atoms with Gasteiger partial charge in [-0.3, -0.25) is 14.5 Å². The van der Waals surface area contributed by atoms with Crippen molar-refractivity contribution in [1.29, 1.82) is 0 Å². The lowest BCUT2D eigenvalue weighted by atomic mass is 10.2. The number of hydrogen-bond acceptors (Lipinski definition) is 5. The van der Waals surface area contributed by atoms with Gasteiger partial charge in [-0.1, -0.05) is 24.0 Å². The Morgan fingerprint density at radius 2 is 1.97 bits per heavy atom. The number of nitrogens with zero attached hydrogens (tertiary/aromatic N) is 2. The van der Waals surface area contributed by atoms with E-state index in [1.54, 1.807) is 0 Å². The monoisotopic (exact) mass is 444 g/mol. The molecule has 1 aliphatic rings. The highest BCUT2D eigenvalue weighted by Gasteiger charge is 2.32. The van der Waals surface area contributed by atoms with Crippen molar-refractivity contribution < 1.29 is 19.4 Å². The molecule has 0 unspecified atom stereocenters. The molecule has 0 atom stereocenters. The second-order valence-corrected chi connectivity index (χ2v) is 8.60. The number of aliphatic carboxylic acids is 1. The van der Waals surface area contributed by atoms with Crippen molar-refractivity contribution in [3.8, 4) is 11.4 Å². The minimum atomic E-state index is -0.877. The molecule has 1 aromatic heterocycles. The molecule has 158 valence electrons. The first-order chi connectivity index (χ1) is 14.3. The summed E-state index contributed by atoms with van der Waals surface area (Å²) in [5.41, 5.74) is 4.05. The summed E-state index contributed by atoms with van der Waals surface area (Å²) in [6.45, 7) is 6.94. The maximum absolute atomic E-state index is 12.7. The molecule has 3 rings (SSSR count). The summed E-state index contributed by atoms with van der Waals surface area (Å²) in [5, 5.41) is 8.80. The first-order valence-electron chi connectivity index (χ1n) is 9.71. The van der Waals surface area contributed by atoms with Gasteiger partial charge in [-0.25, -0.2) is 0 Å². The Hall–Kier alpha value is -2.58. The summed E-state index contributed by atoms with van der Waals surface area (Å²) < 4.78 is 8.12. The number of carboxylic acids is 1. The van der Waals surface area contributed by atoms with Crippen molar-refractivity contribution in [2.45, 2.75) is 33.6 Å². The number of carbonyl (C=O) groups excluding carboxylic acids is 1. The third-order valence-corrected chi connectivity index (χ3v) is 6.19. The van der Waals surface area contributed by atoms with Gasteiger partial charge < -0.3 is 14.4 Å². The van der Waals surface area contributed by atoms with Crippen molar-refractivity contribution in [1.82, 2.24) is 9.47 Å². The highest BCUT2D eigenvalue weighted by Crippen LogP contribution is 2.34. The van der Waals surface area contributed by atoms with Crippen LogP contribution in [0.2, 0.25) is 0 Å². The van der Waals surface area contributed by atoms with E-state index in [4.69, 9.17) is 22.1 Å². The number of carboxylic acid groups (broad SMARTS) is 1. The second-order valence-electron chi connectivity index (χ2n) is 6.92. The normalized spacial score (nSPS) is 15.3. The number of benzene rings is 1. The number of aryl methyl sites for hydroxylation is 1. The Labute approximate surface area is 185 Å². The minimum Gasteiger partial charge on any atom is -0.494 e. The quantitative estimate of drug-likeness (QED) is 0.475. The lowest BCUT2D eigenvalue weighted by molar-refractivity contribution is -0.137. The lowest BCUT2D eigenvalue weighted by Crippen LogP contribution is -2.29. The van der Waals surface area contributed by atoms with Gasteiger partial charge in [0.05, 0.1) is 11.5 Å². The molecule has 8 heteroatoms. The van der Waals surface area contributed by atoms with Crippen molar-refractivity contribution >= 4 is 46.3 Å². The maximum atomic E-state index is 12.7. The lowest BCUT2D eigenvalue weighted by Gasteiger charge is -2.13.